The van der Waals surface area contributed by atoms with Crippen LogP contribution in [0, 0.1) is 0 Å². The molecule has 0 heterocycles. The predicted molar refractivity (Wildman–Crippen MR) is 85.7 cm³/mol. The van der Waals surface area contributed by atoms with Gasteiger partial charge in [-0.05, 0) is 44.7 Å². The molecule has 0 aliphatic rings. The second-order valence-corrected chi connectivity index (χ2v) is 8.92. The van der Waals surface area contributed by atoms with Gasteiger partial charge in [0, 0.05) is 6.16 Å². The Morgan fingerprint density at radius 1 is 1.30 bits per heavy atom. The van der Waals surface area contributed by atoms with Crippen molar-refractivity contribution in [1.82, 2.24) is 5.09 Å². The normalized spacial score (nSPS) is 15.4. The summed E-state index contributed by atoms with van der Waals surface area (Å²) >= 11 is 5.56. The molecule has 0 fully saturated rings. The average molecular weight is 315 g/mol. The van der Waals surface area contributed by atoms with Crippen LogP contribution in [0.5, 0.6) is 5.75 Å². The van der Waals surface area contributed by atoms with Gasteiger partial charge in [-0.1, -0.05) is 25.1 Å². The molecule has 1 aromatic carbocycles. The van der Waals surface area contributed by atoms with Crippen LogP contribution in [0.1, 0.15) is 27.7 Å². The number of hydrogen-bond donors (Lipinski definition) is 1. The second kappa shape index (κ2) is 7.77. The second-order valence-electron chi connectivity index (χ2n) is 4.73. The van der Waals surface area contributed by atoms with Crippen LogP contribution in [0.2, 0.25) is 0 Å². The maximum atomic E-state index is 11.8. The summed E-state index contributed by atoms with van der Waals surface area (Å²) in [5.74, 6) is 0.411. The first kappa shape index (κ1) is 17.2. The third kappa shape index (κ3) is 5.61. The quantitative estimate of drug-likeness (QED) is 0.618. The first-order valence-electron chi connectivity index (χ1n) is 6.68. The van der Waals surface area contributed by atoms with E-state index in [1.165, 1.54) is 0 Å². The van der Waals surface area contributed by atoms with Crippen molar-refractivity contribution in [2.75, 3.05) is 6.16 Å². The molecular weight excluding hydrogens is 293 g/mol. The van der Waals surface area contributed by atoms with Gasteiger partial charge in [-0.15, -0.1) is 0 Å². The maximum Gasteiger partial charge on any atom is 0.323 e. The highest BCUT2D eigenvalue weighted by Gasteiger charge is 2.25. The summed E-state index contributed by atoms with van der Waals surface area (Å²) in [4.78, 5) is 11.8. The van der Waals surface area contributed by atoms with Gasteiger partial charge in [-0.3, -0.25) is 4.79 Å². The van der Waals surface area contributed by atoms with Gasteiger partial charge < -0.3 is 9.26 Å². The average Bonchev–Trinajstić information content (AvgIpc) is 2.39. The highest BCUT2D eigenvalue weighted by Crippen LogP contribution is 2.43. The van der Waals surface area contributed by atoms with Gasteiger partial charge in [0.1, 0.15) is 11.8 Å². The lowest BCUT2D eigenvalue weighted by Gasteiger charge is -2.26. The van der Waals surface area contributed by atoms with Crippen molar-refractivity contribution in [2.24, 2.45) is 0 Å². The Kier molecular flexibility index (Phi) is 6.66. The summed E-state index contributed by atoms with van der Waals surface area (Å²) < 4.78 is 11.1. The van der Waals surface area contributed by atoms with Crippen molar-refractivity contribution in [3.05, 3.63) is 30.3 Å². The summed E-state index contributed by atoms with van der Waals surface area (Å²) in [5.41, 5.74) is 0. The van der Waals surface area contributed by atoms with Crippen LogP contribution in [-0.4, -0.2) is 24.3 Å². The number of esters is 1. The van der Waals surface area contributed by atoms with E-state index in [0.717, 1.165) is 5.75 Å². The van der Waals surface area contributed by atoms with Crippen LogP contribution in [0.3, 0.4) is 0 Å². The highest BCUT2D eigenvalue weighted by atomic mass is 32.4. The molecule has 1 N–H and O–H groups in total. The van der Waals surface area contributed by atoms with Crippen LogP contribution in [0.4, 0.5) is 0 Å². The van der Waals surface area contributed by atoms with Crippen LogP contribution >= 0.6 is 6.42 Å². The number of ether oxygens (including phenoxy) is 1. The summed E-state index contributed by atoms with van der Waals surface area (Å²) in [6.45, 7) is 7.34. The molecule has 1 aromatic rings. The molecule has 0 unspecified atom stereocenters. The van der Waals surface area contributed by atoms with Gasteiger partial charge in [0.05, 0.1) is 6.10 Å². The minimum Gasteiger partial charge on any atom is -0.462 e. The molecule has 6 heteroatoms. The van der Waals surface area contributed by atoms with Crippen LogP contribution in [-0.2, 0) is 21.3 Å². The Bertz CT molecular complexity index is 479. The first-order chi connectivity index (χ1) is 9.36. The molecule has 0 aliphatic carbocycles. The Balaban J connectivity index is 2.70. The molecule has 2 atom stereocenters. The fourth-order valence-corrected chi connectivity index (χ4v) is 3.77. The molecule has 0 amide bonds. The minimum atomic E-state index is -2.29. The van der Waals surface area contributed by atoms with E-state index in [-0.39, 0.29) is 12.1 Å². The first-order valence-corrected chi connectivity index (χ1v) is 9.59. The van der Waals surface area contributed by atoms with E-state index >= 15 is 0 Å². The van der Waals surface area contributed by atoms with Crippen LogP contribution in [0.25, 0.3) is 0 Å². The molecule has 0 bridgehead atoms. The van der Waals surface area contributed by atoms with E-state index in [2.05, 4.69) is 5.09 Å². The van der Waals surface area contributed by atoms with Crippen molar-refractivity contribution in [1.29, 1.82) is 0 Å². The number of rotatable bonds is 7. The van der Waals surface area contributed by atoms with E-state index in [4.69, 9.17) is 21.1 Å². The lowest BCUT2D eigenvalue weighted by Crippen LogP contribution is -2.36. The van der Waals surface area contributed by atoms with E-state index in [9.17, 15) is 4.79 Å². The minimum absolute atomic E-state index is 0.138. The third-order valence-electron chi connectivity index (χ3n) is 2.51. The zero-order valence-corrected chi connectivity index (χ0v) is 14.0. The summed E-state index contributed by atoms with van der Waals surface area (Å²) in [7, 11) is 0. The van der Waals surface area contributed by atoms with Crippen molar-refractivity contribution >= 4 is 24.2 Å². The van der Waals surface area contributed by atoms with Crippen LogP contribution < -0.4 is 9.61 Å². The van der Waals surface area contributed by atoms with E-state index in [1.807, 2.05) is 51.1 Å². The lowest BCUT2D eigenvalue weighted by molar-refractivity contribution is -0.148. The van der Waals surface area contributed by atoms with Crippen molar-refractivity contribution in [3.63, 3.8) is 0 Å². The van der Waals surface area contributed by atoms with Gasteiger partial charge >= 0.3 is 5.97 Å². The molecule has 0 aliphatic heterocycles. The molecule has 20 heavy (non-hydrogen) atoms. The van der Waals surface area contributed by atoms with Crippen LogP contribution in [0.15, 0.2) is 30.3 Å². The molecule has 4 nitrogen and oxygen atoms in total. The van der Waals surface area contributed by atoms with E-state index < -0.39 is 12.5 Å². The van der Waals surface area contributed by atoms with E-state index in [0.29, 0.717) is 6.16 Å². The Morgan fingerprint density at radius 2 is 1.90 bits per heavy atom. The number of carbonyl (C=O) groups excluding carboxylic acids is 1. The summed E-state index contributed by atoms with van der Waals surface area (Å²) in [6, 6.07) is 8.93. The zero-order chi connectivity index (χ0) is 15.2. The van der Waals surface area contributed by atoms with Gasteiger partial charge in [-0.2, -0.15) is 0 Å². The third-order valence-corrected chi connectivity index (χ3v) is 5.94. The number of nitrogens with one attached hydrogen (secondary N) is 1. The maximum absolute atomic E-state index is 11.8. The lowest BCUT2D eigenvalue weighted by atomic mass is 10.3. The Labute approximate surface area is 126 Å². The van der Waals surface area contributed by atoms with Gasteiger partial charge in [0.2, 0.25) is 0 Å². The molecule has 0 saturated heterocycles. The van der Waals surface area contributed by atoms with Crippen molar-refractivity contribution in [3.8, 4) is 5.75 Å². The smallest absolute Gasteiger partial charge is 0.323 e. The van der Waals surface area contributed by atoms with Crippen molar-refractivity contribution < 1.29 is 14.1 Å². The summed E-state index contributed by atoms with van der Waals surface area (Å²) in [5, 5.41) is 3.13. The Morgan fingerprint density at radius 3 is 2.40 bits per heavy atom. The highest BCUT2D eigenvalue weighted by molar-refractivity contribution is 8.11. The van der Waals surface area contributed by atoms with Gasteiger partial charge in [0.25, 0.3) is 0 Å². The number of carbonyl (C=O) groups is 1. The molecule has 1 rings (SSSR count). The largest absolute Gasteiger partial charge is 0.462 e. The number of benzene rings is 1. The standard InChI is InChI=1S/C14H22NO3PS/c1-5-19(20,18-13-9-7-6-8-10-13)15-12(4)14(16)17-11(2)3/h6-12H,5H2,1-4H3,(H,15,20)/t12-,19+/m1/s1. The molecule has 112 valence electrons. The molecule has 0 aromatic heterocycles. The number of para-hydroxylation sites is 1. The summed E-state index contributed by atoms with van der Waals surface area (Å²) in [6.07, 6.45) is -1.78. The molecule has 0 saturated carbocycles. The predicted octanol–water partition coefficient (Wildman–Crippen LogP) is 3.32. The molecule has 0 spiro atoms. The topological polar surface area (TPSA) is 47.6 Å². The molecular formula is C14H22NO3PS. The fourth-order valence-electron chi connectivity index (χ4n) is 1.52. The van der Waals surface area contributed by atoms with E-state index in [1.54, 1.807) is 6.92 Å². The van der Waals surface area contributed by atoms with Crippen molar-refractivity contribution in [2.45, 2.75) is 39.8 Å². The zero-order valence-electron chi connectivity index (χ0n) is 12.3. The van der Waals surface area contributed by atoms with Gasteiger partial charge in [-0.25, -0.2) is 5.09 Å². The Hall–Kier alpha value is -0.900. The number of hydrogen-bond acceptors (Lipinski definition) is 4. The molecule has 0 radical (unpaired) electrons. The fraction of sp³-hybridized carbons (Fsp3) is 0.500. The monoisotopic (exact) mass is 315 g/mol. The SMILES string of the molecule is CC[P@](=S)(N[C@H](C)C(=O)OC(C)C)Oc1ccccc1. The van der Waals surface area contributed by atoms with Gasteiger partial charge in [0.15, 0.2) is 6.42 Å².